The Kier molecular flexibility index (Phi) is 4.18. The van der Waals surface area contributed by atoms with Crippen LogP contribution in [0.1, 0.15) is 18.7 Å². The number of fused-ring (bicyclic) bond motifs is 1. The molecular weight excluding hydrogens is 300 g/mol. The number of hydrogen-bond acceptors (Lipinski definition) is 7. The summed E-state index contributed by atoms with van der Waals surface area (Å²) in [6.07, 6.45) is 2.42. The number of aromatic nitrogens is 5. The molecule has 23 heavy (non-hydrogen) atoms. The van der Waals surface area contributed by atoms with Crippen LogP contribution < -0.4 is 20.5 Å². The molecule has 0 spiro atoms. The van der Waals surface area contributed by atoms with Gasteiger partial charge in [0.05, 0.1) is 14.2 Å². The lowest BCUT2D eigenvalue weighted by molar-refractivity contribution is 0.352. The average molecular weight is 320 g/mol. The van der Waals surface area contributed by atoms with Gasteiger partial charge in [0.15, 0.2) is 0 Å². The van der Waals surface area contributed by atoms with Gasteiger partial charge in [0, 0.05) is 32.1 Å². The van der Waals surface area contributed by atoms with Crippen molar-refractivity contribution in [2.24, 2.45) is 7.05 Å². The van der Waals surface area contributed by atoms with E-state index in [1.165, 1.54) is 11.8 Å². The fraction of sp³-hybridized carbons (Fsp3) is 0.571. The lowest BCUT2D eigenvalue weighted by atomic mass is 10.1. The second kappa shape index (κ2) is 6.27. The largest absolute Gasteiger partial charge is 0.481 e. The van der Waals surface area contributed by atoms with E-state index in [0.717, 1.165) is 25.1 Å². The fourth-order valence-corrected chi connectivity index (χ4v) is 2.72. The normalized spacial score (nSPS) is 17.3. The summed E-state index contributed by atoms with van der Waals surface area (Å²) < 4.78 is 13.4. The van der Waals surface area contributed by atoms with Crippen molar-refractivity contribution in [2.45, 2.75) is 31.8 Å². The smallest absolute Gasteiger partial charge is 0.345 e. The number of nitrogens with one attached hydrogen (secondary N) is 1. The molecule has 1 N–H and O–H groups in total. The van der Waals surface area contributed by atoms with Gasteiger partial charge in [0.2, 0.25) is 5.88 Å². The standard InChI is InChI=1S/C14H20N6O3/c1-19-14(21)20-7-6-9(4-5-11(20)18-19)15-10-8-12(22-2)17-13(16-10)23-3/h8-9H,4-7H2,1-3H3,(H,15,16,17). The molecule has 3 rings (SSSR count). The maximum atomic E-state index is 12.0. The van der Waals surface area contributed by atoms with Crippen LogP contribution in [0.4, 0.5) is 5.82 Å². The van der Waals surface area contributed by atoms with Crippen LogP contribution in [-0.2, 0) is 20.0 Å². The summed E-state index contributed by atoms with van der Waals surface area (Å²) in [4.78, 5) is 20.3. The molecule has 0 radical (unpaired) electrons. The lowest BCUT2D eigenvalue weighted by Crippen LogP contribution is -2.25. The maximum Gasteiger partial charge on any atom is 0.345 e. The second-order valence-corrected chi connectivity index (χ2v) is 5.42. The third kappa shape index (κ3) is 3.13. The van der Waals surface area contributed by atoms with Gasteiger partial charge in [-0.3, -0.25) is 4.57 Å². The third-order valence-corrected chi connectivity index (χ3v) is 3.93. The maximum absolute atomic E-state index is 12.0. The van der Waals surface area contributed by atoms with Crippen LogP contribution in [0.25, 0.3) is 0 Å². The predicted octanol–water partition coefficient (Wildman–Crippen LogP) is 0.206. The van der Waals surface area contributed by atoms with Crippen LogP contribution in [0.5, 0.6) is 11.9 Å². The van der Waals surface area contributed by atoms with Crippen molar-refractivity contribution in [1.29, 1.82) is 0 Å². The minimum atomic E-state index is -0.0639. The van der Waals surface area contributed by atoms with Gasteiger partial charge in [-0.2, -0.15) is 15.1 Å². The highest BCUT2D eigenvalue weighted by molar-refractivity contribution is 5.40. The molecule has 1 unspecified atom stereocenters. The topological polar surface area (TPSA) is 96.1 Å². The van der Waals surface area contributed by atoms with E-state index in [1.54, 1.807) is 24.8 Å². The first-order valence-electron chi connectivity index (χ1n) is 7.47. The summed E-state index contributed by atoms with van der Waals surface area (Å²) in [5.74, 6) is 1.92. The molecule has 2 aromatic heterocycles. The van der Waals surface area contributed by atoms with Gasteiger partial charge in [-0.05, 0) is 12.8 Å². The van der Waals surface area contributed by atoms with E-state index < -0.39 is 0 Å². The van der Waals surface area contributed by atoms with Gasteiger partial charge in [-0.25, -0.2) is 9.48 Å². The molecule has 0 fully saturated rings. The number of hydrogen-bond donors (Lipinski definition) is 1. The van der Waals surface area contributed by atoms with Crippen molar-refractivity contribution < 1.29 is 9.47 Å². The Balaban J connectivity index is 1.74. The molecule has 1 aliphatic heterocycles. The molecule has 0 saturated carbocycles. The molecule has 9 heteroatoms. The Labute approximate surface area is 133 Å². The average Bonchev–Trinajstić information content (AvgIpc) is 2.72. The molecule has 1 atom stereocenters. The van der Waals surface area contributed by atoms with Crippen molar-refractivity contribution in [2.75, 3.05) is 19.5 Å². The van der Waals surface area contributed by atoms with E-state index in [-0.39, 0.29) is 17.7 Å². The Morgan fingerprint density at radius 2 is 2.09 bits per heavy atom. The van der Waals surface area contributed by atoms with E-state index in [4.69, 9.17) is 9.47 Å². The number of anilines is 1. The Bertz CT molecular complexity index is 731. The first-order valence-corrected chi connectivity index (χ1v) is 7.47. The van der Waals surface area contributed by atoms with Crippen molar-refractivity contribution >= 4 is 5.82 Å². The molecule has 2 aromatic rings. The Hall–Kier alpha value is -2.58. The monoisotopic (exact) mass is 320 g/mol. The Morgan fingerprint density at radius 1 is 1.26 bits per heavy atom. The number of ether oxygens (including phenoxy) is 2. The first-order chi connectivity index (χ1) is 11.1. The number of nitrogens with zero attached hydrogens (tertiary/aromatic N) is 5. The van der Waals surface area contributed by atoms with Gasteiger partial charge in [0.1, 0.15) is 11.6 Å². The predicted molar refractivity (Wildman–Crippen MR) is 83.0 cm³/mol. The van der Waals surface area contributed by atoms with Crippen molar-refractivity contribution in [1.82, 2.24) is 24.3 Å². The van der Waals surface area contributed by atoms with E-state index in [9.17, 15) is 4.79 Å². The molecule has 0 bridgehead atoms. The zero-order valence-corrected chi connectivity index (χ0v) is 13.4. The van der Waals surface area contributed by atoms with Gasteiger partial charge >= 0.3 is 11.7 Å². The van der Waals surface area contributed by atoms with Gasteiger partial charge in [0.25, 0.3) is 0 Å². The third-order valence-electron chi connectivity index (χ3n) is 3.93. The van der Waals surface area contributed by atoms with E-state index in [0.29, 0.717) is 18.2 Å². The molecular formula is C14H20N6O3. The van der Waals surface area contributed by atoms with Crippen LogP contribution in [0, 0.1) is 0 Å². The highest BCUT2D eigenvalue weighted by Gasteiger charge is 2.20. The lowest BCUT2D eigenvalue weighted by Gasteiger charge is -2.17. The molecule has 0 saturated heterocycles. The van der Waals surface area contributed by atoms with Crippen molar-refractivity contribution in [3.05, 3.63) is 22.4 Å². The van der Waals surface area contributed by atoms with E-state index in [1.807, 2.05) is 0 Å². The van der Waals surface area contributed by atoms with E-state index >= 15 is 0 Å². The summed E-state index contributed by atoms with van der Waals surface area (Å²) >= 11 is 0. The minimum absolute atomic E-state index is 0.0639. The highest BCUT2D eigenvalue weighted by Crippen LogP contribution is 2.20. The summed E-state index contributed by atoms with van der Waals surface area (Å²) in [5, 5.41) is 7.65. The minimum Gasteiger partial charge on any atom is -0.481 e. The Morgan fingerprint density at radius 3 is 2.83 bits per heavy atom. The van der Waals surface area contributed by atoms with Gasteiger partial charge in [-0.1, -0.05) is 0 Å². The fourth-order valence-electron chi connectivity index (χ4n) is 2.72. The van der Waals surface area contributed by atoms with Crippen molar-refractivity contribution in [3.63, 3.8) is 0 Å². The zero-order valence-electron chi connectivity index (χ0n) is 13.4. The van der Waals surface area contributed by atoms with E-state index in [2.05, 4.69) is 20.4 Å². The van der Waals surface area contributed by atoms with Crippen molar-refractivity contribution in [3.8, 4) is 11.9 Å². The molecule has 0 aliphatic carbocycles. The second-order valence-electron chi connectivity index (χ2n) is 5.42. The molecule has 9 nitrogen and oxygen atoms in total. The highest BCUT2D eigenvalue weighted by atomic mass is 16.5. The van der Waals surface area contributed by atoms with Gasteiger partial charge < -0.3 is 14.8 Å². The van der Waals surface area contributed by atoms with Gasteiger partial charge in [-0.15, -0.1) is 0 Å². The van der Waals surface area contributed by atoms with Crippen LogP contribution in [0.2, 0.25) is 0 Å². The number of methoxy groups -OCH3 is 2. The van der Waals surface area contributed by atoms with Crippen LogP contribution in [-0.4, -0.2) is 44.6 Å². The van der Waals surface area contributed by atoms with Crippen LogP contribution >= 0.6 is 0 Å². The summed E-state index contributed by atoms with van der Waals surface area (Å²) in [6, 6.07) is 2.17. The number of rotatable bonds is 4. The SMILES string of the molecule is COc1cc(NC2CCc3nn(C)c(=O)n3CC2)nc(OC)n1. The van der Waals surface area contributed by atoms with Crippen LogP contribution in [0.3, 0.4) is 0 Å². The number of aryl methyl sites for hydroxylation is 2. The molecule has 3 heterocycles. The zero-order chi connectivity index (χ0) is 16.4. The quantitative estimate of drug-likeness (QED) is 0.860. The summed E-state index contributed by atoms with van der Waals surface area (Å²) in [5.41, 5.74) is -0.0639. The molecule has 124 valence electrons. The molecule has 1 aliphatic rings. The summed E-state index contributed by atoms with van der Waals surface area (Å²) in [6.45, 7) is 0.638. The molecule has 0 amide bonds. The van der Waals surface area contributed by atoms with Crippen LogP contribution in [0.15, 0.2) is 10.9 Å². The summed E-state index contributed by atoms with van der Waals surface area (Å²) in [7, 11) is 4.74. The first kappa shape index (κ1) is 15.3. The molecule has 0 aromatic carbocycles.